The van der Waals surface area contributed by atoms with Gasteiger partial charge in [-0.15, -0.1) is 0 Å². The molecule has 0 aliphatic heterocycles. The second-order valence-electron chi connectivity index (χ2n) is 11.1. The highest BCUT2D eigenvalue weighted by atomic mass is 16.5. The van der Waals surface area contributed by atoms with E-state index in [4.69, 9.17) is 10.5 Å². The fourth-order valence-corrected chi connectivity index (χ4v) is 4.09. The van der Waals surface area contributed by atoms with Gasteiger partial charge in [-0.25, -0.2) is 15.2 Å². The Morgan fingerprint density at radius 3 is 1.30 bits per heavy atom. The largest absolute Gasteiger partial charge is 0.380 e. The number of carbonyl (C=O) groups excluding carboxylic acids is 6. The number of nitrogens with one attached hydrogen (secondary N) is 3. The molecule has 0 bridgehead atoms. The molecule has 0 aromatic rings. The van der Waals surface area contributed by atoms with E-state index in [1.807, 2.05) is 0 Å². The molecule has 0 saturated carbocycles. The van der Waals surface area contributed by atoms with Gasteiger partial charge in [0, 0.05) is 84.8 Å². The molecule has 17 heteroatoms. The van der Waals surface area contributed by atoms with Crippen molar-refractivity contribution in [1.82, 2.24) is 31.1 Å². The summed E-state index contributed by atoms with van der Waals surface area (Å²) in [7, 11) is 0. The molecule has 6 amide bonds. The third-order valence-corrected chi connectivity index (χ3v) is 6.91. The van der Waals surface area contributed by atoms with Crippen molar-refractivity contribution in [3.05, 3.63) is 0 Å². The Hall–Kier alpha value is -3.38. The van der Waals surface area contributed by atoms with Gasteiger partial charge in [0.1, 0.15) is 0 Å². The normalized spacial score (nSPS) is 10.7. The summed E-state index contributed by atoms with van der Waals surface area (Å²) in [5, 5.41) is 39.1. The summed E-state index contributed by atoms with van der Waals surface area (Å²) >= 11 is 0. The van der Waals surface area contributed by atoms with Crippen LogP contribution in [0.3, 0.4) is 0 Å². The SMILES string of the molecule is CC(=O)N(O)CCCCCNC(=O)CCC(=O)N(O)CCCCCNC(=O)CCC(=O)N(O)CCCCCNC(=O)CCOCCN. The predicted molar refractivity (Wildman–Crippen MR) is 170 cm³/mol. The molecule has 0 rings (SSSR count). The Labute approximate surface area is 277 Å². The quantitative estimate of drug-likeness (QED) is 0.0326. The van der Waals surface area contributed by atoms with E-state index in [9.17, 15) is 44.4 Å². The summed E-state index contributed by atoms with van der Waals surface area (Å²) < 4.78 is 5.15. The van der Waals surface area contributed by atoms with Crippen LogP contribution in [0.15, 0.2) is 0 Å². The van der Waals surface area contributed by atoms with Crippen LogP contribution in [0.1, 0.15) is 96.8 Å². The first-order valence-electron chi connectivity index (χ1n) is 16.5. The van der Waals surface area contributed by atoms with Gasteiger partial charge in [0.2, 0.25) is 35.4 Å². The predicted octanol–water partition coefficient (Wildman–Crippen LogP) is 0.445. The molecule has 0 atom stereocenters. The number of nitrogens with zero attached hydrogens (tertiary/aromatic N) is 3. The van der Waals surface area contributed by atoms with Crippen LogP contribution in [-0.2, 0) is 33.5 Å². The van der Waals surface area contributed by atoms with E-state index in [1.54, 1.807) is 0 Å². The Morgan fingerprint density at radius 2 is 0.915 bits per heavy atom. The highest BCUT2D eigenvalue weighted by Crippen LogP contribution is 2.03. The maximum Gasteiger partial charge on any atom is 0.246 e. The fraction of sp³-hybridized carbons (Fsp3) is 0.800. The van der Waals surface area contributed by atoms with Gasteiger partial charge in [-0.3, -0.25) is 44.4 Å². The van der Waals surface area contributed by atoms with Gasteiger partial charge in [-0.1, -0.05) is 0 Å². The summed E-state index contributed by atoms with van der Waals surface area (Å²) in [6.45, 7) is 4.14. The number of nitrogens with two attached hydrogens (primary N) is 1. The van der Waals surface area contributed by atoms with Crippen molar-refractivity contribution in [3.63, 3.8) is 0 Å². The molecule has 0 aliphatic rings. The smallest absolute Gasteiger partial charge is 0.246 e. The maximum absolute atomic E-state index is 12.1. The molecule has 47 heavy (non-hydrogen) atoms. The Morgan fingerprint density at radius 1 is 0.532 bits per heavy atom. The van der Waals surface area contributed by atoms with Gasteiger partial charge in [-0.05, 0) is 57.8 Å². The summed E-state index contributed by atoms with van der Waals surface area (Å²) in [6.07, 6.45) is 5.53. The lowest BCUT2D eigenvalue weighted by Crippen LogP contribution is -2.31. The number of carbonyl (C=O) groups is 6. The van der Waals surface area contributed by atoms with Crippen LogP contribution in [0.25, 0.3) is 0 Å². The summed E-state index contributed by atoms with van der Waals surface area (Å²) in [4.78, 5) is 70.6. The van der Waals surface area contributed by atoms with E-state index in [0.717, 1.165) is 0 Å². The van der Waals surface area contributed by atoms with Crippen molar-refractivity contribution in [2.45, 2.75) is 96.8 Å². The van der Waals surface area contributed by atoms with Crippen molar-refractivity contribution in [2.75, 3.05) is 59.0 Å². The third-order valence-electron chi connectivity index (χ3n) is 6.91. The minimum atomic E-state index is -0.562. The van der Waals surface area contributed by atoms with Gasteiger partial charge < -0.3 is 26.4 Å². The van der Waals surface area contributed by atoms with E-state index in [0.29, 0.717) is 112 Å². The molecule has 0 heterocycles. The molecular weight excluding hydrogens is 618 g/mol. The minimum Gasteiger partial charge on any atom is -0.380 e. The highest BCUT2D eigenvalue weighted by Gasteiger charge is 2.14. The molecule has 0 saturated heterocycles. The van der Waals surface area contributed by atoms with Crippen LogP contribution < -0.4 is 21.7 Å². The molecule has 17 nitrogen and oxygen atoms in total. The molecule has 0 unspecified atom stereocenters. The molecule has 0 aliphatic carbocycles. The summed E-state index contributed by atoms with van der Waals surface area (Å²) in [5.41, 5.74) is 5.30. The van der Waals surface area contributed by atoms with E-state index in [2.05, 4.69) is 16.0 Å². The van der Waals surface area contributed by atoms with Gasteiger partial charge >= 0.3 is 0 Å². The molecular formula is C30H57N7O10. The number of hydrogen-bond acceptors (Lipinski definition) is 11. The monoisotopic (exact) mass is 675 g/mol. The van der Waals surface area contributed by atoms with Crippen molar-refractivity contribution in [3.8, 4) is 0 Å². The van der Waals surface area contributed by atoms with Crippen LogP contribution in [0, 0.1) is 0 Å². The molecule has 0 aromatic carbocycles. The zero-order valence-corrected chi connectivity index (χ0v) is 27.9. The molecule has 0 fully saturated rings. The highest BCUT2D eigenvalue weighted by molar-refractivity contribution is 5.83. The Kier molecular flexibility index (Phi) is 26.7. The van der Waals surface area contributed by atoms with Crippen molar-refractivity contribution in [2.24, 2.45) is 5.73 Å². The van der Waals surface area contributed by atoms with Crippen LogP contribution >= 0.6 is 0 Å². The first-order chi connectivity index (χ1) is 22.5. The zero-order valence-electron chi connectivity index (χ0n) is 27.9. The number of hydroxylamine groups is 6. The number of hydrogen-bond donors (Lipinski definition) is 7. The van der Waals surface area contributed by atoms with E-state index >= 15 is 0 Å². The molecule has 0 radical (unpaired) electrons. The number of rotatable bonds is 29. The number of ether oxygens (including phenoxy) is 1. The second kappa shape index (κ2) is 28.8. The second-order valence-corrected chi connectivity index (χ2v) is 11.1. The molecule has 272 valence electrons. The zero-order chi connectivity index (χ0) is 35.3. The average Bonchev–Trinajstić information content (AvgIpc) is 3.04. The lowest BCUT2D eigenvalue weighted by atomic mass is 10.2. The standard InChI is InChI=1S/C30H57N7O10/c1-25(38)35(44)20-8-2-5-17-32-26(39)11-13-29(42)36(45)21-9-3-6-18-33-27(40)12-14-30(43)37(46)22-10-4-7-19-34-28(41)15-23-47-24-16-31/h44-46H,2-24,31H2,1H3,(H,32,39)(H,33,40)(H,34,41). The van der Waals surface area contributed by atoms with E-state index in [-0.39, 0.29) is 69.5 Å². The fourth-order valence-electron chi connectivity index (χ4n) is 4.09. The van der Waals surface area contributed by atoms with Gasteiger partial charge in [-0.2, -0.15) is 0 Å². The number of amides is 6. The van der Waals surface area contributed by atoms with Crippen molar-refractivity contribution >= 4 is 35.4 Å². The summed E-state index contributed by atoms with van der Waals surface area (Å²) in [6, 6.07) is 0. The Balaban J connectivity index is 3.75. The number of unbranched alkanes of at least 4 members (excludes halogenated alkanes) is 6. The first kappa shape index (κ1) is 43.6. The van der Waals surface area contributed by atoms with E-state index in [1.165, 1.54) is 6.92 Å². The topological polar surface area (TPSA) is 244 Å². The molecule has 0 aromatic heterocycles. The maximum atomic E-state index is 12.1. The van der Waals surface area contributed by atoms with Crippen molar-refractivity contribution < 1.29 is 49.1 Å². The van der Waals surface area contributed by atoms with Crippen molar-refractivity contribution in [1.29, 1.82) is 0 Å². The van der Waals surface area contributed by atoms with Crippen LogP contribution in [0.2, 0.25) is 0 Å². The average molecular weight is 676 g/mol. The van der Waals surface area contributed by atoms with Crippen LogP contribution in [-0.4, -0.2) is 125 Å². The lowest BCUT2D eigenvalue weighted by Gasteiger charge is -2.15. The van der Waals surface area contributed by atoms with E-state index < -0.39 is 17.7 Å². The lowest BCUT2D eigenvalue weighted by molar-refractivity contribution is -0.166. The summed E-state index contributed by atoms with van der Waals surface area (Å²) in [5.74, 6) is -2.27. The van der Waals surface area contributed by atoms with Gasteiger partial charge in [0.15, 0.2) is 0 Å². The molecule has 8 N–H and O–H groups in total. The van der Waals surface area contributed by atoms with Crippen LogP contribution in [0.5, 0.6) is 0 Å². The van der Waals surface area contributed by atoms with Crippen LogP contribution in [0.4, 0.5) is 0 Å². The first-order valence-corrected chi connectivity index (χ1v) is 16.5. The third kappa shape index (κ3) is 26.4. The minimum absolute atomic E-state index is 0.0539. The Bertz CT molecular complexity index is 925. The van der Waals surface area contributed by atoms with Gasteiger partial charge in [0.05, 0.1) is 13.2 Å². The molecule has 0 spiro atoms. The van der Waals surface area contributed by atoms with Gasteiger partial charge in [0.25, 0.3) is 0 Å².